The Morgan fingerprint density at radius 2 is 1.58 bits per heavy atom. The molecule has 7 heteroatoms. The molecule has 0 saturated heterocycles. The molecule has 0 bridgehead atoms. The van der Waals surface area contributed by atoms with Crippen molar-refractivity contribution in [1.82, 2.24) is 14.8 Å². The van der Waals surface area contributed by atoms with Crippen LogP contribution in [0.4, 0.5) is 4.39 Å². The molecule has 1 aromatic heterocycles. The quantitative estimate of drug-likeness (QED) is 0.263. The van der Waals surface area contributed by atoms with Crippen molar-refractivity contribution < 1.29 is 13.9 Å². The number of rotatable bonds is 9. The van der Waals surface area contributed by atoms with Gasteiger partial charge in [0.2, 0.25) is 0 Å². The average molecular weight is 436 g/mol. The van der Waals surface area contributed by atoms with Gasteiger partial charge in [0, 0.05) is 11.3 Å². The maximum Gasteiger partial charge on any atom is 0.191 e. The summed E-state index contributed by atoms with van der Waals surface area (Å²) in [4.78, 5) is 0. The molecule has 4 aromatic rings. The van der Waals surface area contributed by atoms with E-state index in [0.29, 0.717) is 24.7 Å². The van der Waals surface area contributed by atoms with Crippen molar-refractivity contribution >= 4 is 11.8 Å². The fourth-order valence-corrected chi connectivity index (χ4v) is 3.84. The van der Waals surface area contributed by atoms with E-state index in [2.05, 4.69) is 26.9 Å². The molecule has 0 aliphatic rings. The van der Waals surface area contributed by atoms with Crippen LogP contribution >= 0.6 is 11.8 Å². The normalized spacial score (nSPS) is 10.8. The van der Waals surface area contributed by atoms with Crippen molar-refractivity contribution in [2.45, 2.75) is 11.7 Å². The molecule has 0 radical (unpaired) electrons. The number of halogens is 1. The van der Waals surface area contributed by atoms with Crippen LogP contribution in [-0.2, 0) is 6.54 Å². The van der Waals surface area contributed by atoms with Crippen molar-refractivity contribution in [3.05, 3.63) is 90.2 Å². The Morgan fingerprint density at radius 3 is 2.29 bits per heavy atom. The van der Waals surface area contributed by atoms with Crippen molar-refractivity contribution in [3.63, 3.8) is 0 Å². The van der Waals surface area contributed by atoms with Gasteiger partial charge in [-0.15, -0.1) is 10.2 Å². The van der Waals surface area contributed by atoms with Crippen molar-refractivity contribution in [1.29, 1.82) is 0 Å². The second kappa shape index (κ2) is 10.1. The molecule has 158 valence electrons. The zero-order chi connectivity index (χ0) is 21.5. The molecule has 1 heterocycles. The number of methoxy groups -OCH3 is 1. The van der Waals surface area contributed by atoms with Crippen LogP contribution in [0, 0.1) is 5.82 Å². The van der Waals surface area contributed by atoms with Gasteiger partial charge in [-0.25, -0.2) is 4.39 Å². The summed E-state index contributed by atoms with van der Waals surface area (Å²) >= 11 is 1.58. The molecule has 0 saturated carbocycles. The Hall–Kier alpha value is -3.32. The zero-order valence-electron chi connectivity index (χ0n) is 17.1. The van der Waals surface area contributed by atoms with Crippen LogP contribution in [0.1, 0.15) is 5.56 Å². The van der Waals surface area contributed by atoms with E-state index in [9.17, 15) is 4.39 Å². The van der Waals surface area contributed by atoms with Crippen LogP contribution in [0.3, 0.4) is 0 Å². The van der Waals surface area contributed by atoms with Gasteiger partial charge in [0.1, 0.15) is 17.3 Å². The maximum absolute atomic E-state index is 13.4. The lowest BCUT2D eigenvalue weighted by Gasteiger charge is -2.11. The highest BCUT2D eigenvalue weighted by Crippen LogP contribution is 2.26. The second-order valence-corrected chi connectivity index (χ2v) is 7.82. The summed E-state index contributed by atoms with van der Waals surface area (Å²) in [5.74, 6) is 2.73. The number of ether oxygens (including phenoxy) is 2. The molecule has 0 fully saturated rings. The number of hydrogen-bond donors (Lipinski definition) is 0. The molecular weight excluding hydrogens is 413 g/mol. The van der Waals surface area contributed by atoms with Gasteiger partial charge in [-0.1, -0.05) is 42.1 Å². The van der Waals surface area contributed by atoms with Crippen molar-refractivity contribution in [3.8, 4) is 22.9 Å². The monoisotopic (exact) mass is 435 g/mol. The van der Waals surface area contributed by atoms with Gasteiger partial charge in [-0.2, -0.15) is 0 Å². The van der Waals surface area contributed by atoms with E-state index in [1.54, 1.807) is 31.0 Å². The molecule has 0 amide bonds. The fourth-order valence-electron chi connectivity index (χ4n) is 3.08. The van der Waals surface area contributed by atoms with Crippen molar-refractivity contribution in [2.75, 3.05) is 19.5 Å². The van der Waals surface area contributed by atoms with E-state index in [-0.39, 0.29) is 5.82 Å². The predicted molar refractivity (Wildman–Crippen MR) is 120 cm³/mol. The lowest BCUT2D eigenvalue weighted by atomic mass is 10.2. The van der Waals surface area contributed by atoms with Crippen LogP contribution in [0.25, 0.3) is 11.4 Å². The van der Waals surface area contributed by atoms with E-state index in [4.69, 9.17) is 9.47 Å². The summed E-state index contributed by atoms with van der Waals surface area (Å²) in [5.41, 5.74) is 1.97. The molecule has 0 atom stereocenters. The molecule has 0 aliphatic heterocycles. The fraction of sp³-hybridized carbons (Fsp3) is 0.167. The van der Waals surface area contributed by atoms with E-state index in [0.717, 1.165) is 27.8 Å². The van der Waals surface area contributed by atoms with E-state index in [1.807, 2.05) is 42.5 Å². The first-order valence-electron chi connectivity index (χ1n) is 9.85. The van der Waals surface area contributed by atoms with Crippen LogP contribution in [-0.4, -0.2) is 34.2 Å². The van der Waals surface area contributed by atoms with Gasteiger partial charge < -0.3 is 9.47 Å². The number of benzene rings is 3. The molecule has 0 spiro atoms. The molecule has 4 rings (SSSR count). The van der Waals surface area contributed by atoms with Gasteiger partial charge >= 0.3 is 0 Å². The minimum absolute atomic E-state index is 0.275. The topological polar surface area (TPSA) is 49.2 Å². The smallest absolute Gasteiger partial charge is 0.191 e. The average Bonchev–Trinajstić information content (AvgIpc) is 3.20. The molecular formula is C24H22FN3O2S. The number of nitrogens with zero attached hydrogens (tertiary/aromatic N) is 3. The third kappa shape index (κ3) is 5.44. The summed E-state index contributed by atoms with van der Waals surface area (Å²) in [6, 6.07) is 24.0. The molecule has 0 aliphatic carbocycles. The Balaban J connectivity index is 1.47. The third-order valence-electron chi connectivity index (χ3n) is 4.65. The highest BCUT2D eigenvalue weighted by molar-refractivity contribution is 7.99. The van der Waals surface area contributed by atoms with E-state index in [1.165, 1.54) is 12.1 Å². The summed E-state index contributed by atoms with van der Waals surface area (Å²) in [6.07, 6.45) is 0. The SMILES string of the molecule is COc1ccc(OCCSc2nnc(-c3ccc(F)cc3)n2Cc2ccccc2)cc1. The molecule has 0 N–H and O–H groups in total. The van der Waals surface area contributed by atoms with E-state index >= 15 is 0 Å². The molecule has 3 aromatic carbocycles. The van der Waals surface area contributed by atoms with Crippen LogP contribution in [0.2, 0.25) is 0 Å². The first-order valence-corrected chi connectivity index (χ1v) is 10.8. The summed E-state index contributed by atoms with van der Waals surface area (Å²) < 4.78 is 26.4. The Kier molecular flexibility index (Phi) is 6.84. The lowest BCUT2D eigenvalue weighted by molar-refractivity contribution is 0.342. The second-order valence-electron chi connectivity index (χ2n) is 6.76. The highest BCUT2D eigenvalue weighted by Gasteiger charge is 2.15. The van der Waals surface area contributed by atoms with Gasteiger partial charge in [0.05, 0.1) is 20.3 Å². The first kappa shape index (κ1) is 20.9. The zero-order valence-corrected chi connectivity index (χ0v) is 17.9. The Bertz CT molecular complexity index is 1100. The Morgan fingerprint density at radius 1 is 0.871 bits per heavy atom. The van der Waals surface area contributed by atoms with E-state index < -0.39 is 0 Å². The number of hydrogen-bond acceptors (Lipinski definition) is 5. The molecule has 5 nitrogen and oxygen atoms in total. The Labute approximate surface area is 184 Å². The number of aromatic nitrogens is 3. The van der Waals surface area contributed by atoms with Gasteiger partial charge in [0.25, 0.3) is 0 Å². The van der Waals surface area contributed by atoms with Gasteiger partial charge in [-0.05, 0) is 54.1 Å². The predicted octanol–water partition coefficient (Wildman–Crippen LogP) is 5.31. The lowest BCUT2D eigenvalue weighted by Crippen LogP contribution is -2.06. The number of thioether (sulfide) groups is 1. The van der Waals surface area contributed by atoms with Gasteiger partial charge in [-0.3, -0.25) is 4.57 Å². The summed E-state index contributed by atoms with van der Waals surface area (Å²) in [5, 5.41) is 9.56. The highest BCUT2D eigenvalue weighted by atomic mass is 32.2. The standard InChI is InChI=1S/C24H22FN3O2S/c1-29-21-11-13-22(14-12-21)30-15-16-31-24-27-26-23(19-7-9-20(25)10-8-19)28(24)17-18-5-3-2-4-6-18/h2-14H,15-17H2,1H3. The van der Waals surface area contributed by atoms with Crippen LogP contribution < -0.4 is 9.47 Å². The summed E-state index contributed by atoms with van der Waals surface area (Å²) in [6.45, 7) is 1.16. The summed E-state index contributed by atoms with van der Waals surface area (Å²) in [7, 11) is 1.64. The van der Waals surface area contributed by atoms with Crippen LogP contribution in [0.5, 0.6) is 11.5 Å². The largest absolute Gasteiger partial charge is 0.497 e. The molecule has 0 unspecified atom stereocenters. The van der Waals surface area contributed by atoms with Crippen molar-refractivity contribution in [2.24, 2.45) is 0 Å². The molecule has 31 heavy (non-hydrogen) atoms. The van der Waals surface area contributed by atoms with Gasteiger partial charge in [0.15, 0.2) is 11.0 Å². The maximum atomic E-state index is 13.4. The minimum Gasteiger partial charge on any atom is -0.497 e. The van der Waals surface area contributed by atoms with Crippen LogP contribution in [0.15, 0.2) is 84.0 Å². The minimum atomic E-state index is -0.275. The first-order chi connectivity index (χ1) is 15.2. The third-order valence-corrected chi connectivity index (χ3v) is 5.58.